The van der Waals surface area contributed by atoms with Gasteiger partial charge in [0.2, 0.25) is 12.5 Å². The minimum atomic E-state index is 0.189. The van der Waals surface area contributed by atoms with Crippen molar-refractivity contribution < 1.29 is 18.7 Å². The van der Waals surface area contributed by atoms with Gasteiger partial charge in [-0.25, -0.2) is 0 Å². The van der Waals surface area contributed by atoms with Crippen molar-refractivity contribution >= 4 is 11.8 Å². The van der Waals surface area contributed by atoms with Crippen molar-refractivity contribution in [2.24, 2.45) is 0 Å². The van der Waals surface area contributed by atoms with Gasteiger partial charge in [0.15, 0.2) is 17.3 Å². The van der Waals surface area contributed by atoms with E-state index in [1.807, 2.05) is 12.1 Å². The lowest BCUT2D eigenvalue weighted by atomic mass is 10.0. The third-order valence-electron chi connectivity index (χ3n) is 3.89. The number of hydrogen-bond donors (Lipinski definition) is 0. The largest absolute Gasteiger partial charge is 0.493 e. The molecule has 0 radical (unpaired) electrons. The van der Waals surface area contributed by atoms with E-state index in [2.05, 4.69) is 35.7 Å². The summed E-state index contributed by atoms with van der Waals surface area (Å²) in [6.45, 7) is 0.189. The number of aromatic nitrogens is 1. The Labute approximate surface area is 143 Å². The van der Waals surface area contributed by atoms with Crippen LogP contribution in [0.2, 0.25) is 0 Å². The zero-order chi connectivity index (χ0) is 16.5. The van der Waals surface area contributed by atoms with Crippen LogP contribution in [-0.2, 0) is 0 Å². The lowest BCUT2D eigenvalue weighted by Crippen LogP contribution is -1.93. The van der Waals surface area contributed by atoms with Gasteiger partial charge in [0.1, 0.15) is 0 Å². The Morgan fingerprint density at radius 1 is 1.08 bits per heavy atom. The third kappa shape index (κ3) is 2.49. The summed E-state index contributed by atoms with van der Waals surface area (Å²) < 4.78 is 21.8. The summed E-state index contributed by atoms with van der Waals surface area (Å²) in [5.74, 6) is 2.54. The van der Waals surface area contributed by atoms with Gasteiger partial charge in [-0.3, -0.25) is 0 Å². The average molecular weight is 341 g/mol. The number of thioether (sulfide) groups is 1. The average Bonchev–Trinajstić information content (AvgIpc) is 3.29. The van der Waals surface area contributed by atoms with Gasteiger partial charge in [-0.1, -0.05) is 17.3 Å². The van der Waals surface area contributed by atoms with E-state index in [9.17, 15) is 0 Å². The Bertz CT molecular complexity index is 873. The van der Waals surface area contributed by atoms with Crippen LogP contribution in [0.1, 0.15) is 0 Å². The molecule has 24 heavy (non-hydrogen) atoms. The van der Waals surface area contributed by atoms with Gasteiger partial charge in [0.05, 0.1) is 13.3 Å². The van der Waals surface area contributed by atoms with E-state index in [1.165, 1.54) is 4.90 Å². The fourth-order valence-electron chi connectivity index (χ4n) is 2.68. The van der Waals surface area contributed by atoms with E-state index in [0.29, 0.717) is 23.0 Å². The molecule has 0 atom stereocenters. The van der Waals surface area contributed by atoms with Gasteiger partial charge in [-0.15, -0.1) is 11.8 Å². The Hall–Kier alpha value is -2.60. The molecule has 4 rings (SSSR count). The standard InChI is InChI=1S/C18H15NO4S/c1-20-15-7-12(8-16-18(15)22-10-21-16)17-14(9-19-23-17)11-3-5-13(24-2)6-4-11/h3-9H,10H2,1-2H3. The summed E-state index contributed by atoms with van der Waals surface area (Å²) in [6, 6.07) is 12.0. The molecule has 0 unspecified atom stereocenters. The van der Waals surface area contributed by atoms with Gasteiger partial charge in [0, 0.05) is 16.0 Å². The van der Waals surface area contributed by atoms with Crippen LogP contribution >= 0.6 is 11.8 Å². The van der Waals surface area contributed by atoms with E-state index in [0.717, 1.165) is 16.7 Å². The second-order valence-corrected chi connectivity index (χ2v) is 6.09. The number of methoxy groups -OCH3 is 1. The van der Waals surface area contributed by atoms with Crippen LogP contribution in [0.15, 0.2) is 52.0 Å². The van der Waals surface area contributed by atoms with Crippen molar-refractivity contribution in [3.8, 4) is 39.7 Å². The van der Waals surface area contributed by atoms with E-state index >= 15 is 0 Å². The summed E-state index contributed by atoms with van der Waals surface area (Å²) >= 11 is 1.71. The van der Waals surface area contributed by atoms with E-state index < -0.39 is 0 Å². The molecule has 2 heterocycles. The highest BCUT2D eigenvalue weighted by Crippen LogP contribution is 2.45. The Morgan fingerprint density at radius 3 is 2.67 bits per heavy atom. The molecular weight excluding hydrogens is 326 g/mol. The number of benzene rings is 2. The fraction of sp³-hybridized carbons (Fsp3) is 0.167. The molecule has 5 nitrogen and oxygen atoms in total. The summed E-state index contributed by atoms with van der Waals surface area (Å²) in [7, 11) is 1.60. The topological polar surface area (TPSA) is 53.7 Å². The molecule has 2 aromatic carbocycles. The maximum atomic E-state index is 5.51. The van der Waals surface area contributed by atoms with E-state index in [1.54, 1.807) is 25.1 Å². The SMILES string of the molecule is COc1cc(-c2oncc2-c2ccc(SC)cc2)cc2c1OCO2. The fourth-order valence-corrected chi connectivity index (χ4v) is 3.09. The van der Waals surface area contributed by atoms with E-state index in [4.69, 9.17) is 18.7 Å². The summed E-state index contributed by atoms with van der Waals surface area (Å²) in [5.41, 5.74) is 2.79. The molecule has 0 saturated heterocycles. The highest BCUT2D eigenvalue weighted by atomic mass is 32.2. The van der Waals surface area contributed by atoms with Crippen LogP contribution in [0.5, 0.6) is 17.2 Å². The number of ether oxygens (including phenoxy) is 3. The van der Waals surface area contributed by atoms with Gasteiger partial charge < -0.3 is 18.7 Å². The summed E-state index contributed by atoms with van der Waals surface area (Å²) in [6.07, 6.45) is 3.78. The van der Waals surface area contributed by atoms with Gasteiger partial charge >= 0.3 is 0 Å². The normalized spacial score (nSPS) is 12.4. The van der Waals surface area contributed by atoms with Crippen LogP contribution in [0.4, 0.5) is 0 Å². The van der Waals surface area contributed by atoms with Crippen molar-refractivity contribution in [1.82, 2.24) is 5.16 Å². The zero-order valence-corrected chi connectivity index (χ0v) is 14.1. The first-order valence-electron chi connectivity index (χ1n) is 7.37. The van der Waals surface area contributed by atoms with Gasteiger partial charge in [-0.05, 0) is 36.1 Å². The Balaban J connectivity index is 1.80. The van der Waals surface area contributed by atoms with Crippen molar-refractivity contribution in [2.75, 3.05) is 20.2 Å². The van der Waals surface area contributed by atoms with Crippen molar-refractivity contribution in [3.05, 3.63) is 42.6 Å². The van der Waals surface area contributed by atoms with Crippen LogP contribution in [0.25, 0.3) is 22.5 Å². The molecule has 0 fully saturated rings. The number of fused-ring (bicyclic) bond motifs is 1. The molecule has 0 aliphatic carbocycles. The molecule has 1 aliphatic rings. The third-order valence-corrected chi connectivity index (χ3v) is 4.64. The molecule has 1 aliphatic heterocycles. The highest BCUT2D eigenvalue weighted by Gasteiger charge is 2.23. The first-order valence-corrected chi connectivity index (χ1v) is 8.59. The maximum absolute atomic E-state index is 5.51. The minimum absolute atomic E-state index is 0.189. The molecule has 6 heteroatoms. The molecule has 0 N–H and O–H groups in total. The molecule has 0 amide bonds. The van der Waals surface area contributed by atoms with Crippen molar-refractivity contribution in [1.29, 1.82) is 0 Å². The second kappa shape index (κ2) is 6.13. The van der Waals surface area contributed by atoms with Crippen LogP contribution in [0.3, 0.4) is 0 Å². The zero-order valence-electron chi connectivity index (χ0n) is 13.2. The predicted octanol–water partition coefficient (Wildman–Crippen LogP) is 4.47. The Morgan fingerprint density at radius 2 is 1.92 bits per heavy atom. The molecular formula is C18H15NO4S. The second-order valence-electron chi connectivity index (χ2n) is 5.21. The number of rotatable bonds is 4. The number of nitrogens with zero attached hydrogens (tertiary/aromatic N) is 1. The quantitative estimate of drug-likeness (QED) is 0.653. The van der Waals surface area contributed by atoms with Gasteiger partial charge in [-0.2, -0.15) is 0 Å². The lowest BCUT2D eigenvalue weighted by molar-refractivity contribution is 0.171. The van der Waals surface area contributed by atoms with Crippen LogP contribution < -0.4 is 14.2 Å². The van der Waals surface area contributed by atoms with Gasteiger partial charge in [0.25, 0.3) is 0 Å². The van der Waals surface area contributed by atoms with E-state index in [-0.39, 0.29) is 6.79 Å². The first kappa shape index (κ1) is 15.0. The summed E-state index contributed by atoms with van der Waals surface area (Å²) in [5, 5.41) is 3.97. The van der Waals surface area contributed by atoms with Crippen LogP contribution in [0, 0.1) is 0 Å². The molecule has 0 saturated carbocycles. The lowest BCUT2D eigenvalue weighted by Gasteiger charge is -2.08. The highest BCUT2D eigenvalue weighted by molar-refractivity contribution is 7.98. The number of hydrogen-bond acceptors (Lipinski definition) is 6. The minimum Gasteiger partial charge on any atom is -0.493 e. The maximum Gasteiger partial charge on any atom is 0.231 e. The molecule has 1 aromatic heterocycles. The van der Waals surface area contributed by atoms with Crippen LogP contribution in [-0.4, -0.2) is 25.3 Å². The summed E-state index contributed by atoms with van der Waals surface area (Å²) in [4.78, 5) is 1.21. The molecule has 0 spiro atoms. The molecule has 0 bridgehead atoms. The Kier molecular flexibility index (Phi) is 3.82. The molecule has 3 aromatic rings. The molecule has 122 valence electrons. The van der Waals surface area contributed by atoms with Crippen molar-refractivity contribution in [2.45, 2.75) is 4.90 Å². The smallest absolute Gasteiger partial charge is 0.231 e. The van der Waals surface area contributed by atoms with Crippen molar-refractivity contribution in [3.63, 3.8) is 0 Å². The first-order chi connectivity index (χ1) is 11.8. The monoisotopic (exact) mass is 341 g/mol. The predicted molar refractivity (Wildman–Crippen MR) is 91.8 cm³/mol.